The minimum absolute atomic E-state index is 0.134. The van der Waals surface area contributed by atoms with Crippen LogP contribution in [0.3, 0.4) is 0 Å². The number of fused-ring (bicyclic) bond motifs is 2. The number of unbranched alkanes of at least 4 members (excludes halogenated alkanes) is 1. The maximum atomic E-state index is 14.2. The lowest BCUT2D eigenvalue weighted by molar-refractivity contribution is -0.137. The summed E-state index contributed by atoms with van der Waals surface area (Å²) in [5, 5.41) is 13.4. The molecular weight excluding hydrogens is 437 g/mol. The summed E-state index contributed by atoms with van der Waals surface area (Å²) < 4.78 is 19.9. The molecule has 0 saturated carbocycles. The van der Waals surface area contributed by atoms with Crippen LogP contribution in [0.1, 0.15) is 46.6 Å². The number of rotatable bonds is 10. The number of carbonyl (C=O) groups is 2. The molecule has 4 N–H and O–H groups in total. The molecule has 0 spiro atoms. The molecule has 2 heterocycles. The standard InChI is InChI=1S/C26H28FN3O4/c1-15-6-8-20(27)25-24(15)19(16(2)29-25)10-11-28-26(33)22-14-17-13-18(7-9-21(17)30-22)34-12-4-3-5-23(31)32/h6-9,13-14,29-30H,3-5,10-12H2,1-2H3,(H,28,33)(H,31,32). The van der Waals surface area contributed by atoms with Crippen molar-refractivity contribution in [3.63, 3.8) is 0 Å². The van der Waals surface area contributed by atoms with Gasteiger partial charge in [0.2, 0.25) is 0 Å². The Morgan fingerprint density at radius 3 is 2.71 bits per heavy atom. The van der Waals surface area contributed by atoms with Gasteiger partial charge < -0.3 is 25.1 Å². The van der Waals surface area contributed by atoms with Crippen molar-refractivity contribution >= 4 is 33.7 Å². The first-order valence-electron chi connectivity index (χ1n) is 11.4. The van der Waals surface area contributed by atoms with E-state index in [1.54, 1.807) is 12.1 Å². The molecule has 4 rings (SSSR count). The first-order chi connectivity index (χ1) is 16.3. The number of H-pyrrole nitrogens is 2. The number of aryl methyl sites for hydroxylation is 2. The minimum atomic E-state index is -0.805. The molecule has 0 atom stereocenters. The third-order valence-electron chi connectivity index (χ3n) is 5.98. The zero-order valence-corrected chi connectivity index (χ0v) is 19.3. The molecule has 0 aliphatic heterocycles. The maximum absolute atomic E-state index is 14.2. The zero-order valence-electron chi connectivity index (χ0n) is 19.3. The minimum Gasteiger partial charge on any atom is -0.494 e. The van der Waals surface area contributed by atoms with Crippen LogP contribution in [-0.4, -0.2) is 40.1 Å². The van der Waals surface area contributed by atoms with E-state index >= 15 is 0 Å². The molecular formula is C26H28FN3O4. The van der Waals surface area contributed by atoms with Gasteiger partial charge in [-0.25, -0.2) is 4.39 Å². The summed E-state index contributed by atoms with van der Waals surface area (Å²) in [4.78, 5) is 29.5. The van der Waals surface area contributed by atoms with E-state index in [0.29, 0.717) is 49.4 Å². The zero-order chi connectivity index (χ0) is 24.2. The second-order valence-electron chi connectivity index (χ2n) is 8.48. The van der Waals surface area contributed by atoms with Crippen molar-refractivity contribution in [2.75, 3.05) is 13.2 Å². The number of amides is 1. The Morgan fingerprint density at radius 1 is 1.09 bits per heavy atom. The fraction of sp³-hybridized carbons (Fsp3) is 0.308. The molecule has 0 aliphatic rings. The molecule has 4 aromatic rings. The third-order valence-corrected chi connectivity index (χ3v) is 5.98. The normalized spacial score (nSPS) is 11.3. The van der Waals surface area contributed by atoms with Gasteiger partial charge in [-0.2, -0.15) is 0 Å². The van der Waals surface area contributed by atoms with Gasteiger partial charge in [0.25, 0.3) is 5.91 Å². The summed E-state index contributed by atoms with van der Waals surface area (Å²) in [5.74, 6) is -0.625. The van der Waals surface area contributed by atoms with E-state index < -0.39 is 5.97 Å². The van der Waals surface area contributed by atoms with Crippen LogP contribution in [0.15, 0.2) is 36.4 Å². The smallest absolute Gasteiger partial charge is 0.303 e. The van der Waals surface area contributed by atoms with E-state index in [-0.39, 0.29) is 18.1 Å². The van der Waals surface area contributed by atoms with Crippen molar-refractivity contribution in [1.82, 2.24) is 15.3 Å². The molecule has 0 bridgehead atoms. The van der Waals surface area contributed by atoms with Gasteiger partial charge in [0.1, 0.15) is 17.3 Å². The number of aliphatic carboxylic acids is 1. The van der Waals surface area contributed by atoms with Crippen molar-refractivity contribution in [3.8, 4) is 5.75 Å². The predicted octanol–water partition coefficient (Wildman–Crippen LogP) is 5.01. The van der Waals surface area contributed by atoms with Crippen LogP contribution in [0.4, 0.5) is 4.39 Å². The molecule has 178 valence electrons. The first kappa shape index (κ1) is 23.4. The highest BCUT2D eigenvalue weighted by Crippen LogP contribution is 2.28. The number of aromatic nitrogens is 2. The van der Waals surface area contributed by atoms with E-state index in [9.17, 15) is 14.0 Å². The number of nitrogens with one attached hydrogen (secondary N) is 3. The molecule has 2 aromatic carbocycles. The van der Waals surface area contributed by atoms with Gasteiger partial charge in [-0.1, -0.05) is 6.07 Å². The van der Waals surface area contributed by atoms with Crippen molar-refractivity contribution in [2.45, 2.75) is 39.5 Å². The summed E-state index contributed by atoms with van der Waals surface area (Å²) in [6, 6.07) is 10.5. The lowest BCUT2D eigenvalue weighted by Gasteiger charge is -2.06. The van der Waals surface area contributed by atoms with Crippen molar-refractivity contribution in [1.29, 1.82) is 0 Å². The van der Waals surface area contributed by atoms with Crippen LogP contribution in [0.5, 0.6) is 5.75 Å². The topological polar surface area (TPSA) is 107 Å². The summed E-state index contributed by atoms with van der Waals surface area (Å²) in [5.41, 5.74) is 4.69. The quantitative estimate of drug-likeness (QED) is 0.247. The number of hydrogen-bond donors (Lipinski definition) is 4. The Morgan fingerprint density at radius 2 is 1.91 bits per heavy atom. The maximum Gasteiger partial charge on any atom is 0.303 e. The number of aromatic amines is 2. The number of carboxylic acids is 1. The van der Waals surface area contributed by atoms with Gasteiger partial charge in [0.05, 0.1) is 12.1 Å². The van der Waals surface area contributed by atoms with Gasteiger partial charge in [-0.15, -0.1) is 0 Å². The second kappa shape index (κ2) is 9.99. The van der Waals surface area contributed by atoms with E-state index in [0.717, 1.165) is 33.1 Å². The third kappa shape index (κ3) is 5.06. The Hall–Kier alpha value is -3.81. The Labute approximate surface area is 196 Å². The Kier molecular flexibility index (Phi) is 6.86. The van der Waals surface area contributed by atoms with E-state index in [1.165, 1.54) is 6.07 Å². The Balaban J connectivity index is 1.36. The summed E-state index contributed by atoms with van der Waals surface area (Å²) in [6.07, 6.45) is 1.95. The van der Waals surface area contributed by atoms with E-state index in [1.807, 2.05) is 32.0 Å². The molecule has 0 fully saturated rings. The molecule has 0 radical (unpaired) electrons. The SMILES string of the molecule is Cc1[nH]c2c(F)ccc(C)c2c1CCNC(=O)c1cc2cc(OCCCCC(=O)O)ccc2[nH]1. The van der Waals surface area contributed by atoms with Gasteiger partial charge in [-0.3, -0.25) is 9.59 Å². The van der Waals surface area contributed by atoms with Gasteiger partial charge in [0, 0.05) is 34.9 Å². The number of carbonyl (C=O) groups excluding carboxylic acids is 1. The van der Waals surface area contributed by atoms with E-state index in [4.69, 9.17) is 9.84 Å². The lowest BCUT2D eigenvalue weighted by atomic mass is 10.0. The van der Waals surface area contributed by atoms with Gasteiger partial charge in [-0.05, 0) is 74.6 Å². The van der Waals surface area contributed by atoms with Crippen LogP contribution in [0.2, 0.25) is 0 Å². The number of benzene rings is 2. The van der Waals surface area contributed by atoms with Crippen LogP contribution < -0.4 is 10.1 Å². The number of halogens is 1. The van der Waals surface area contributed by atoms with Gasteiger partial charge in [0.15, 0.2) is 0 Å². The average molecular weight is 466 g/mol. The molecule has 8 heteroatoms. The van der Waals surface area contributed by atoms with Crippen molar-refractivity contribution < 1.29 is 23.8 Å². The Bertz CT molecular complexity index is 1360. The molecule has 0 unspecified atom stereocenters. The highest BCUT2D eigenvalue weighted by atomic mass is 19.1. The molecule has 2 aromatic heterocycles. The summed E-state index contributed by atoms with van der Waals surface area (Å²) in [7, 11) is 0. The molecule has 0 saturated heterocycles. The number of ether oxygens (including phenoxy) is 1. The molecule has 34 heavy (non-hydrogen) atoms. The molecule has 0 aliphatic carbocycles. The largest absolute Gasteiger partial charge is 0.494 e. The monoisotopic (exact) mass is 465 g/mol. The van der Waals surface area contributed by atoms with E-state index in [2.05, 4.69) is 15.3 Å². The van der Waals surface area contributed by atoms with Gasteiger partial charge >= 0.3 is 5.97 Å². The van der Waals surface area contributed by atoms with Crippen molar-refractivity contribution in [3.05, 3.63) is 64.7 Å². The number of carboxylic acid groups (broad SMARTS) is 1. The average Bonchev–Trinajstić information content (AvgIpc) is 3.37. The van der Waals surface area contributed by atoms with Crippen LogP contribution in [-0.2, 0) is 11.2 Å². The van der Waals surface area contributed by atoms with Crippen LogP contribution in [0, 0.1) is 19.7 Å². The number of hydrogen-bond acceptors (Lipinski definition) is 3. The van der Waals surface area contributed by atoms with Crippen LogP contribution >= 0.6 is 0 Å². The highest BCUT2D eigenvalue weighted by Gasteiger charge is 2.15. The first-order valence-corrected chi connectivity index (χ1v) is 11.4. The second-order valence-corrected chi connectivity index (χ2v) is 8.48. The summed E-state index contributed by atoms with van der Waals surface area (Å²) >= 11 is 0. The highest BCUT2D eigenvalue weighted by molar-refractivity contribution is 5.98. The predicted molar refractivity (Wildman–Crippen MR) is 129 cm³/mol. The van der Waals surface area contributed by atoms with Crippen LogP contribution in [0.25, 0.3) is 21.8 Å². The lowest BCUT2D eigenvalue weighted by Crippen LogP contribution is -2.26. The van der Waals surface area contributed by atoms with Crippen molar-refractivity contribution in [2.24, 2.45) is 0 Å². The summed E-state index contributed by atoms with van der Waals surface area (Å²) in [6.45, 7) is 4.73. The fourth-order valence-corrected chi connectivity index (χ4v) is 4.24. The molecule has 1 amide bonds. The molecule has 7 nitrogen and oxygen atoms in total. The fourth-order valence-electron chi connectivity index (χ4n) is 4.24.